The highest BCUT2D eigenvalue weighted by Gasteiger charge is 2.49. The fourth-order valence-corrected chi connectivity index (χ4v) is 3.10. The summed E-state index contributed by atoms with van der Waals surface area (Å²) in [5.41, 5.74) is 0.458. The first-order valence-corrected chi connectivity index (χ1v) is 7.56. The fraction of sp³-hybridized carbons (Fsp3) is 0.933. The summed E-state index contributed by atoms with van der Waals surface area (Å²) in [7, 11) is 0. The molecule has 3 unspecified atom stereocenters. The molecule has 0 aromatic heterocycles. The molecule has 1 aliphatic carbocycles. The van der Waals surface area contributed by atoms with Crippen LogP contribution < -0.4 is 5.32 Å². The summed E-state index contributed by atoms with van der Waals surface area (Å²) < 4.78 is 0. The topological polar surface area (TPSA) is 32.3 Å². The minimum Gasteiger partial charge on any atom is -0.325 e. The van der Waals surface area contributed by atoms with Crippen molar-refractivity contribution in [2.45, 2.75) is 72.0 Å². The monoisotopic (exact) mass is 252 g/mol. The zero-order valence-corrected chi connectivity index (χ0v) is 12.3. The van der Waals surface area contributed by atoms with Crippen molar-refractivity contribution in [2.75, 3.05) is 6.54 Å². The summed E-state index contributed by atoms with van der Waals surface area (Å²) in [5.74, 6) is 1.06. The summed E-state index contributed by atoms with van der Waals surface area (Å²) in [4.78, 5) is 14.5. The Morgan fingerprint density at radius 2 is 1.89 bits per heavy atom. The van der Waals surface area contributed by atoms with Gasteiger partial charge in [0.2, 0.25) is 5.91 Å². The van der Waals surface area contributed by atoms with Gasteiger partial charge in [-0.3, -0.25) is 10.1 Å². The number of rotatable bonds is 6. The second-order valence-corrected chi connectivity index (χ2v) is 6.69. The van der Waals surface area contributed by atoms with Crippen LogP contribution in [0.4, 0.5) is 0 Å². The highest BCUT2D eigenvalue weighted by molar-refractivity contribution is 5.84. The smallest absolute Gasteiger partial charge is 0.241 e. The van der Waals surface area contributed by atoms with E-state index >= 15 is 0 Å². The standard InChI is InChI=1S/C15H28N2O/c1-5-7-12-14(18)17(13(16-12)8-6-2)10-11-9-15(11,3)4/h11-13,16H,5-10H2,1-4H3. The summed E-state index contributed by atoms with van der Waals surface area (Å²) in [6, 6.07) is 0.0772. The Morgan fingerprint density at radius 3 is 2.39 bits per heavy atom. The number of nitrogens with zero attached hydrogens (tertiary/aromatic N) is 1. The van der Waals surface area contributed by atoms with Crippen molar-refractivity contribution in [1.82, 2.24) is 10.2 Å². The lowest BCUT2D eigenvalue weighted by atomic mass is 10.1. The van der Waals surface area contributed by atoms with E-state index in [0.717, 1.165) is 32.2 Å². The second kappa shape index (κ2) is 5.20. The van der Waals surface area contributed by atoms with Crippen molar-refractivity contribution in [3.63, 3.8) is 0 Å². The molecule has 3 atom stereocenters. The summed E-state index contributed by atoms with van der Waals surface area (Å²) in [5, 5.41) is 3.53. The van der Waals surface area contributed by atoms with Crippen LogP contribution in [-0.4, -0.2) is 29.6 Å². The number of hydrogen-bond acceptors (Lipinski definition) is 2. The van der Waals surface area contributed by atoms with Crippen molar-refractivity contribution in [1.29, 1.82) is 0 Å². The van der Waals surface area contributed by atoms with Gasteiger partial charge in [-0.15, -0.1) is 0 Å². The lowest BCUT2D eigenvalue weighted by Gasteiger charge is -2.24. The summed E-state index contributed by atoms with van der Waals surface area (Å²) in [6.45, 7) is 9.92. The molecule has 2 aliphatic rings. The minimum absolute atomic E-state index is 0.0772. The molecule has 1 saturated carbocycles. The fourth-order valence-electron chi connectivity index (χ4n) is 3.10. The van der Waals surface area contributed by atoms with Gasteiger partial charge in [0.15, 0.2) is 0 Å². The molecule has 1 heterocycles. The van der Waals surface area contributed by atoms with Crippen LogP contribution in [0, 0.1) is 11.3 Å². The first-order valence-electron chi connectivity index (χ1n) is 7.56. The van der Waals surface area contributed by atoms with Crippen molar-refractivity contribution in [3.8, 4) is 0 Å². The lowest BCUT2D eigenvalue weighted by Crippen LogP contribution is -2.39. The molecule has 0 aromatic rings. The number of carbonyl (C=O) groups is 1. The Kier molecular flexibility index (Phi) is 4.00. The third kappa shape index (κ3) is 2.71. The van der Waals surface area contributed by atoms with Crippen LogP contribution in [0.3, 0.4) is 0 Å². The molecule has 1 N–H and O–H groups in total. The van der Waals surface area contributed by atoms with Crippen LogP contribution in [0.1, 0.15) is 59.8 Å². The van der Waals surface area contributed by atoms with Gasteiger partial charge in [-0.25, -0.2) is 0 Å². The summed E-state index contributed by atoms with van der Waals surface area (Å²) in [6.07, 6.45) is 5.83. The van der Waals surface area contributed by atoms with Crippen molar-refractivity contribution < 1.29 is 4.79 Å². The zero-order chi connectivity index (χ0) is 13.3. The second-order valence-electron chi connectivity index (χ2n) is 6.69. The molecule has 3 nitrogen and oxygen atoms in total. The highest BCUT2D eigenvalue weighted by atomic mass is 16.2. The summed E-state index contributed by atoms with van der Waals surface area (Å²) >= 11 is 0. The van der Waals surface area contributed by atoms with Crippen LogP contribution in [0.5, 0.6) is 0 Å². The molecule has 0 spiro atoms. The predicted molar refractivity (Wildman–Crippen MR) is 74.1 cm³/mol. The number of nitrogens with one attached hydrogen (secondary N) is 1. The third-order valence-corrected chi connectivity index (χ3v) is 4.63. The zero-order valence-electron chi connectivity index (χ0n) is 12.3. The number of hydrogen-bond donors (Lipinski definition) is 1. The molecule has 1 amide bonds. The first-order chi connectivity index (χ1) is 8.49. The molecular formula is C15H28N2O. The Balaban J connectivity index is 1.98. The van der Waals surface area contributed by atoms with Crippen LogP contribution in [0.2, 0.25) is 0 Å². The molecule has 1 aliphatic heterocycles. The van der Waals surface area contributed by atoms with Crippen molar-refractivity contribution in [3.05, 3.63) is 0 Å². The number of amides is 1. The van der Waals surface area contributed by atoms with Gasteiger partial charge in [0.05, 0.1) is 12.2 Å². The van der Waals surface area contributed by atoms with E-state index in [9.17, 15) is 4.79 Å². The molecule has 2 rings (SSSR count). The van der Waals surface area contributed by atoms with Gasteiger partial charge in [0.1, 0.15) is 0 Å². The van der Waals surface area contributed by atoms with Gasteiger partial charge in [-0.2, -0.15) is 0 Å². The van der Waals surface area contributed by atoms with Crippen molar-refractivity contribution in [2.24, 2.45) is 11.3 Å². The third-order valence-electron chi connectivity index (χ3n) is 4.63. The molecule has 1 saturated heterocycles. The van der Waals surface area contributed by atoms with Gasteiger partial charge in [0.25, 0.3) is 0 Å². The van der Waals surface area contributed by atoms with E-state index in [0.29, 0.717) is 17.2 Å². The van der Waals surface area contributed by atoms with Crippen LogP contribution >= 0.6 is 0 Å². The molecule has 18 heavy (non-hydrogen) atoms. The molecular weight excluding hydrogens is 224 g/mol. The highest BCUT2D eigenvalue weighted by Crippen LogP contribution is 2.52. The van der Waals surface area contributed by atoms with Gasteiger partial charge in [-0.1, -0.05) is 40.5 Å². The maximum Gasteiger partial charge on any atom is 0.241 e. The Bertz CT molecular complexity index is 314. The Hall–Kier alpha value is -0.570. The van der Waals surface area contributed by atoms with E-state index in [4.69, 9.17) is 0 Å². The molecule has 0 bridgehead atoms. The van der Waals surface area contributed by atoms with E-state index < -0.39 is 0 Å². The van der Waals surface area contributed by atoms with Crippen LogP contribution in [0.25, 0.3) is 0 Å². The molecule has 3 heteroatoms. The maximum atomic E-state index is 12.4. The van der Waals surface area contributed by atoms with E-state index in [2.05, 4.69) is 37.9 Å². The average molecular weight is 252 g/mol. The minimum atomic E-state index is 0.0772. The molecule has 104 valence electrons. The maximum absolute atomic E-state index is 12.4. The quantitative estimate of drug-likeness (QED) is 0.788. The number of carbonyl (C=O) groups excluding carboxylic acids is 1. The predicted octanol–water partition coefficient (Wildman–Crippen LogP) is 2.76. The van der Waals surface area contributed by atoms with Gasteiger partial charge >= 0.3 is 0 Å². The van der Waals surface area contributed by atoms with E-state index in [1.54, 1.807) is 0 Å². The molecule has 0 radical (unpaired) electrons. The van der Waals surface area contributed by atoms with E-state index in [-0.39, 0.29) is 12.2 Å². The Morgan fingerprint density at radius 1 is 1.28 bits per heavy atom. The van der Waals surface area contributed by atoms with Gasteiger partial charge < -0.3 is 4.90 Å². The van der Waals surface area contributed by atoms with Gasteiger partial charge in [0, 0.05) is 6.54 Å². The average Bonchev–Trinajstić information content (AvgIpc) is 2.81. The first kappa shape index (κ1) is 13.9. The SMILES string of the molecule is CCCC1NC(CCC)N(CC2CC2(C)C)C1=O. The molecule has 2 fully saturated rings. The van der Waals surface area contributed by atoms with E-state index in [1.165, 1.54) is 6.42 Å². The van der Waals surface area contributed by atoms with E-state index in [1.807, 2.05) is 0 Å². The normalized spacial score (nSPS) is 34.1. The van der Waals surface area contributed by atoms with Crippen LogP contribution in [-0.2, 0) is 4.79 Å². The van der Waals surface area contributed by atoms with Crippen LogP contribution in [0.15, 0.2) is 0 Å². The van der Waals surface area contributed by atoms with Crippen molar-refractivity contribution >= 4 is 5.91 Å². The largest absolute Gasteiger partial charge is 0.325 e. The Labute approximate surface area is 111 Å². The lowest BCUT2D eigenvalue weighted by molar-refractivity contribution is -0.130. The molecule has 0 aromatic carbocycles. The van der Waals surface area contributed by atoms with Gasteiger partial charge in [-0.05, 0) is 30.6 Å².